The van der Waals surface area contributed by atoms with E-state index in [1.54, 1.807) is 0 Å². The third-order valence-electron chi connectivity index (χ3n) is 5.84. The van der Waals surface area contributed by atoms with Crippen LogP contribution in [0.2, 0.25) is 0 Å². The molecule has 1 N–H and O–H groups in total. The maximum absolute atomic E-state index is 12.9. The number of nitrogens with zero attached hydrogens (tertiary/aromatic N) is 4. The first kappa shape index (κ1) is 18.4. The highest BCUT2D eigenvalue weighted by atomic mass is 32.1. The molecule has 1 saturated heterocycles. The number of aryl methyl sites for hydroxylation is 1. The first-order chi connectivity index (χ1) is 13.1. The van der Waals surface area contributed by atoms with Crippen LogP contribution < -0.4 is 0 Å². The summed E-state index contributed by atoms with van der Waals surface area (Å²) in [6.07, 6.45) is 5.34. The number of hydrogen-bond acceptors (Lipinski definition) is 4. The van der Waals surface area contributed by atoms with E-state index < -0.39 is 0 Å². The fourth-order valence-corrected chi connectivity index (χ4v) is 4.51. The van der Waals surface area contributed by atoms with Crippen LogP contribution in [-0.2, 0) is 11.3 Å². The minimum absolute atomic E-state index is 0.118. The number of carbonyl (C=O) groups excluding carboxylic acids is 1. The highest BCUT2D eigenvalue weighted by molar-refractivity contribution is 7.71. The molecule has 1 aliphatic carbocycles. The average molecular weight is 386 g/mol. The van der Waals surface area contributed by atoms with Crippen molar-refractivity contribution >= 4 is 18.1 Å². The summed E-state index contributed by atoms with van der Waals surface area (Å²) in [5, 5.41) is 7.20. The number of aromatic amines is 1. The van der Waals surface area contributed by atoms with Gasteiger partial charge in [-0.3, -0.25) is 19.4 Å². The fraction of sp³-hybridized carbons (Fsp3) is 0.550. The van der Waals surface area contributed by atoms with Crippen LogP contribution in [0.5, 0.6) is 0 Å². The number of carbonyl (C=O) groups is 1. The standard InChI is InChI=1S/C20H27N5OS/c1-15-5-4-6-16(13-15)19-21-22-20(27)25(19)14-18(26)24-11-9-23(10-12-24)17-7-2-3-8-17/h4-6,13,17H,2-3,7-12,14H2,1H3,(H,22,27). The Hall–Kier alpha value is -1.99. The second-order valence-corrected chi connectivity index (χ2v) is 8.05. The Bertz CT molecular complexity index is 859. The maximum atomic E-state index is 12.9. The summed E-state index contributed by atoms with van der Waals surface area (Å²) < 4.78 is 2.31. The van der Waals surface area contributed by atoms with Gasteiger partial charge in [-0.2, -0.15) is 5.10 Å². The SMILES string of the molecule is Cc1cccc(-c2n[nH]c(=S)n2CC(=O)N2CCN(C3CCCC3)CC2)c1. The van der Waals surface area contributed by atoms with Crippen LogP contribution in [0.1, 0.15) is 31.2 Å². The third-order valence-corrected chi connectivity index (χ3v) is 6.15. The second-order valence-electron chi connectivity index (χ2n) is 7.66. The summed E-state index contributed by atoms with van der Waals surface area (Å²) >= 11 is 5.38. The Labute approximate surface area is 165 Å². The molecule has 2 heterocycles. The molecule has 2 aromatic rings. The van der Waals surface area contributed by atoms with Gasteiger partial charge >= 0.3 is 0 Å². The van der Waals surface area contributed by atoms with E-state index in [-0.39, 0.29) is 12.5 Å². The number of H-pyrrole nitrogens is 1. The van der Waals surface area contributed by atoms with Crippen LogP contribution in [0.15, 0.2) is 24.3 Å². The first-order valence-electron chi connectivity index (χ1n) is 9.86. The lowest BCUT2D eigenvalue weighted by molar-refractivity contribution is -0.133. The van der Waals surface area contributed by atoms with E-state index in [0.29, 0.717) is 4.77 Å². The summed E-state index contributed by atoms with van der Waals surface area (Å²) in [6.45, 7) is 5.86. The normalized spacial score (nSPS) is 18.9. The van der Waals surface area contributed by atoms with Crippen molar-refractivity contribution in [1.82, 2.24) is 24.6 Å². The Morgan fingerprint density at radius 1 is 1.22 bits per heavy atom. The predicted molar refractivity (Wildman–Crippen MR) is 108 cm³/mol. The third kappa shape index (κ3) is 3.99. The van der Waals surface area contributed by atoms with Gasteiger partial charge in [-0.05, 0) is 38.0 Å². The Morgan fingerprint density at radius 3 is 2.67 bits per heavy atom. The Kier molecular flexibility index (Phi) is 5.41. The number of rotatable bonds is 4. The molecule has 4 rings (SSSR count). The lowest BCUT2D eigenvalue weighted by Crippen LogP contribution is -2.52. The molecular weight excluding hydrogens is 358 g/mol. The lowest BCUT2D eigenvalue weighted by Gasteiger charge is -2.38. The van der Waals surface area contributed by atoms with Gasteiger partial charge in [-0.1, -0.05) is 36.6 Å². The molecule has 144 valence electrons. The second kappa shape index (κ2) is 7.94. The molecule has 0 unspecified atom stereocenters. The van der Waals surface area contributed by atoms with Crippen molar-refractivity contribution < 1.29 is 4.79 Å². The molecule has 1 amide bonds. The highest BCUT2D eigenvalue weighted by Crippen LogP contribution is 2.24. The Balaban J connectivity index is 1.43. The number of hydrogen-bond donors (Lipinski definition) is 1. The van der Waals surface area contributed by atoms with Crippen molar-refractivity contribution in [3.63, 3.8) is 0 Å². The van der Waals surface area contributed by atoms with Crippen LogP contribution in [0.3, 0.4) is 0 Å². The molecule has 6 nitrogen and oxygen atoms in total. The molecular formula is C20H27N5OS. The summed E-state index contributed by atoms with van der Waals surface area (Å²) in [5.74, 6) is 0.842. The topological polar surface area (TPSA) is 57.2 Å². The zero-order valence-corrected chi connectivity index (χ0v) is 16.7. The first-order valence-corrected chi connectivity index (χ1v) is 10.3. The molecule has 1 aromatic carbocycles. The summed E-state index contributed by atoms with van der Waals surface area (Å²) in [5.41, 5.74) is 2.13. The summed E-state index contributed by atoms with van der Waals surface area (Å²) in [6, 6.07) is 8.84. The Morgan fingerprint density at radius 2 is 1.96 bits per heavy atom. The molecule has 0 radical (unpaired) electrons. The van der Waals surface area contributed by atoms with Gasteiger partial charge in [0.25, 0.3) is 0 Å². The monoisotopic (exact) mass is 385 g/mol. The van der Waals surface area contributed by atoms with Crippen LogP contribution in [0.4, 0.5) is 0 Å². The highest BCUT2D eigenvalue weighted by Gasteiger charge is 2.28. The quantitative estimate of drug-likeness (QED) is 0.822. The number of piperazine rings is 1. The number of nitrogens with one attached hydrogen (secondary N) is 1. The molecule has 1 aromatic heterocycles. The smallest absolute Gasteiger partial charge is 0.242 e. The fourth-order valence-electron chi connectivity index (χ4n) is 4.31. The molecule has 1 saturated carbocycles. The molecule has 0 bridgehead atoms. The van der Waals surface area contributed by atoms with Crippen LogP contribution in [-0.4, -0.2) is 62.7 Å². The minimum Gasteiger partial charge on any atom is -0.339 e. The van der Waals surface area contributed by atoms with Crippen molar-refractivity contribution in [3.05, 3.63) is 34.6 Å². The van der Waals surface area contributed by atoms with Gasteiger partial charge in [0, 0.05) is 37.8 Å². The molecule has 2 fully saturated rings. The average Bonchev–Trinajstić information content (AvgIpc) is 3.33. The molecule has 2 aliphatic rings. The van der Waals surface area contributed by atoms with E-state index in [1.165, 1.54) is 25.7 Å². The van der Waals surface area contributed by atoms with Crippen molar-refractivity contribution in [2.24, 2.45) is 0 Å². The van der Waals surface area contributed by atoms with E-state index in [1.807, 2.05) is 34.6 Å². The molecule has 1 aliphatic heterocycles. The van der Waals surface area contributed by atoms with Crippen LogP contribution in [0, 0.1) is 11.7 Å². The van der Waals surface area contributed by atoms with Crippen molar-refractivity contribution in [1.29, 1.82) is 0 Å². The van der Waals surface area contributed by atoms with Gasteiger partial charge in [0.05, 0.1) is 0 Å². The summed E-state index contributed by atoms with van der Waals surface area (Å²) in [7, 11) is 0. The molecule has 7 heteroatoms. The number of amides is 1. The van der Waals surface area contributed by atoms with E-state index in [4.69, 9.17) is 12.2 Å². The zero-order valence-electron chi connectivity index (χ0n) is 15.9. The minimum atomic E-state index is 0.118. The van der Waals surface area contributed by atoms with Gasteiger partial charge < -0.3 is 4.90 Å². The summed E-state index contributed by atoms with van der Waals surface area (Å²) in [4.78, 5) is 17.4. The molecule has 0 spiro atoms. The number of aromatic nitrogens is 3. The largest absolute Gasteiger partial charge is 0.339 e. The van der Waals surface area contributed by atoms with Crippen LogP contribution >= 0.6 is 12.2 Å². The van der Waals surface area contributed by atoms with Gasteiger partial charge in [-0.15, -0.1) is 0 Å². The van der Waals surface area contributed by atoms with E-state index >= 15 is 0 Å². The van der Waals surface area contributed by atoms with Crippen molar-refractivity contribution in [3.8, 4) is 11.4 Å². The van der Waals surface area contributed by atoms with E-state index in [9.17, 15) is 4.79 Å². The molecule has 27 heavy (non-hydrogen) atoms. The van der Waals surface area contributed by atoms with Gasteiger partial charge in [0.2, 0.25) is 5.91 Å². The predicted octanol–water partition coefficient (Wildman–Crippen LogP) is 3.00. The number of benzene rings is 1. The van der Waals surface area contributed by atoms with Crippen molar-refractivity contribution in [2.45, 2.75) is 45.2 Å². The molecule has 0 atom stereocenters. The van der Waals surface area contributed by atoms with Gasteiger partial charge in [0.1, 0.15) is 6.54 Å². The van der Waals surface area contributed by atoms with Gasteiger partial charge in [0.15, 0.2) is 10.6 Å². The zero-order chi connectivity index (χ0) is 18.8. The van der Waals surface area contributed by atoms with E-state index in [2.05, 4.69) is 21.2 Å². The van der Waals surface area contributed by atoms with Gasteiger partial charge in [-0.25, -0.2) is 0 Å². The van der Waals surface area contributed by atoms with Crippen molar-refractivity contribution in [2.75, 3.05) is 26.2 Å². The maximum Gasteiger partial charge on any atom is 0.242 e. The van der Waals surface area contributed by atoms with Crippen LogP contribution in [0.25, 0.3) is 11.4 Å². The lowest BCUT2D eigenvalue weighted by atomic mass is 10.1. The van der Waals surface area contributed by atoms with E-state index in [0.717, 1.165) is 49.2 Å².